The van der Waals surface area contributed by atoms with Crippen LogP contribution in [0.1, 0.15) is 37.5 Å². The van der Waals surface area contributed by atoms with Crippen molar-refractivity contribution in [3.05, 3.63) is 100 Å². The number of benzene rings is 3. The number of amides is 2. The molecular weight excluding hydrogens is 578 g/mol. The average Bonchev–Trinajstić information content (AvgIpc) is 2.84. The lowest BCUT2D eigenvalue weighted by molar-refractivity contribution is -0.140. The van der Waals surface area contributed by atoms with E-state index >= 15 is 0 Å². The standard InChI is InChI=1S/C30H36BrN3O4S/c1-22-12-9-10-15-24(22)20-33(27(29(36)32-30(2,3)4)18-23-13-7-6-8-14-23)28(35)21-34(39(5,37)38)26-17-11-16-25(31)19-26/h6-17,19,27H,18,20-21H2,1-5H3,(H,32,36). The van der Waals surface area contributed by atoms with Gasteiger partial charge in [-0.15, -0.1) is 0 Å². The Bertz CT molecular complexity index is 1400. The van der Waals surface area contributed by atoms with Gasteiger partial charge in [0.2, 0.25) is 21.8 Å². The predicted octanol–water partition coefficient (Wildman–Crippen LogP) is 5.08. The normalized spacial score (nSPS) is 12.5. The van der Waals surface area contributed by atoms with Crippen molar-refractivity contribution in [1.82, 2.24) is 10.2 Å². The van der Waals surface area contributed by atoms with E-state index in [0.717, 1.165) is 27.3 Å². The summed E-state index contributed by atoms with van der Waals surface area (Å²) in [6.07, 6.45) is 1.34. The zero-order valence-corrected chi connectivity index (χ0v) is 25.4. The van der Waals surface area contributed by atoms with E-state index in [9.17, 15) is 18.0 Å². The van der Waals surface area contributed by atoms with E-state index in [0.29, 0.717) is 10.2 Å². The molecule has 0 heterocycles. The molecule has 0 aromatic heterocycles. The number of anilines is 1. The van der Waals surface area contributed by atoms with Crippen LogP contribution in [0.25, 0.3) is 0 Å². The van der Waals surface area contributed by atoms with Gasteiger partial charge in [-0.3, -0.25) is 13.9 Å². The number of carbonyl (C=O) groups excluding carboxylic acids is 2. The van der Waals surface area contributed by atoms with Gasteiger partial charge in [-0.05, 0) is 62.6 Å². The molecular formula is C30H36BrN3O4S. The van der Waals surface area contributed by atoms with E-state index in [1.165, 1.54) is 4.90 Å². The van der Waals surface area contributed by atoms with Gasteiger partial charge in [-0.25, -0.2) is 8.42 Å². The number of rotatable bonds is 10. The Kier molecular flexibility index (Phi) is 9.96. The number of hydrogen-bond donors (Lipinski definition) is 1. The van der Waals surface area contributed by atoms with Gasteiger partial charge in [0, 0.05) is 23.0 Å². The first-order chi connectivity index (χ1) is 18.2. The maximum atomic E-state index is 14.1. The number of nitrogens with one attached hydrogen (secondary N) is 1. The van der Waals surface area contributed by atoms with Crippen LogP contribution in [0.2, 0.25) is 0 Å². The molecule has 3 aromatic rings. The summed E-state index contributed by atoms with van der Waals surface area (Å²) in [5, 5.41) is 3.03. The van der Waals surface area contributed by atoms with Crippen molar-refractivity contribution in [2.75, 3.05) is 17.1 Å². The highest BCUT2D eigenvalue weighted by Gasteiger charge is 2.34. The Balaban J connectivity index is 2.09. The minimum atomic E-state index is -3.81. The predicted molar refractivity (Wildman–Crippen MR) is 160 cm³/mol. The van der Waals surface area contributed by atoms with Crippen molar-refractivity contribution in [1.29, 1.82) is 0 Å². The molecule has 0 bridgehead atoms. The fraction of sp³-hybridized carbons (Fsp3) is 0.333. The SMILES string of the molecule is Cc1ccccc1CN(C(=O)CN(c1cccc(Br)c1)S(C)(=O)=O)C(Cc1ccccc1)C(=O)NC(C)(C)C. The van der Waals surface area contributed by atoms with Crippen LogP contribution in [0.5, 0.6) is 0 Å². The van der Waals surface area contributed by atoms with E-state index in [-0.39, 0.29) is 18.9 Å². The van der Waals surface area contributed by atoms with Crippen molar-refractivity contribution in [3.63, 3.8) is 0 Å². The molecule has 0 spiro atoms. The number of sulfonamides is 1. The number of hydrogen-bond acceptors (Lipinski definition) is 4. The first-order valence-electron chi connectivity index (χ1n) is 12.7. The van der Waals surface area contributed by atoms with Gasteiger partial charge in [0.25, 0.3) is 0 Å². The molecule has 0 radical (unpaired) electrons. The second kappa shape index (κ2) is 12.8. The highest BCUT2D eigenvalue weighted by atomic mass is 79.9. The summed E-state index contributed by atoms with van der Waals surface area (Å²) >= 11 is 3.38. The Morgan fingerprint density at radius 3 is 2.18 bits per heavy atom. The van der Waals surface area contributed by atoms with Crippen LogP contribution >= 0.6 is 15.9 Å². The molecule has 0 saturated carbocycles. The van der Waals surface area contributed by atoms with Gasteiger partial charge in [0.1, 0.15) is 12.6 Å². The van der Waals surface area contributed by atoms with Crippen molar-refractivity contribution in [2.24, 2.45) is 0 Å². The molecule has 9 heteroatoms. The molecule has 39 heavy (non-hydrogen) atoms. The van der Waals surface area contributed by atoms with Crippen LogP contribution in [0.15, 0.2) is 83.3 Å². The zero-order valence-electron chi connectivity index (χ0n) is 23.0. The van der Waals surface area contributed by atoms with E-state index in [1.807, 2.05) is 82.3 Å². The minimum Gasteiger partial charge on any atom is -0.350 e. The smallest absolute Gasteiger partial charge is 0.244 e. The molecule has 0 aliphatic carbocycles. The van der Waals surface area contributed by atoms with E-state index in [2.05, 4.69) is 21.2 Å². The lowest BCUT2D eigenvalue weighted by Gasteiger charge is -2.35. The summed E-state index contributed by atoms with van der Waals surface area (Å²) in [7, 11) is -3.81. The number of nitrogens with zero attached hydrogens (tertiary/aromatic N) is 2. The summed E-state index contributed by atoms with van der Waals surface area (Å²) in [5.74, 6) is -0.782. The van der Waals surface area contributed by atoms with Gasteiger partial charge >= 0.3 is 0 Å². The van der Waals surface area contributed by atoms with Crippen LogP contribution in [-0.4, -0.2) is 49.5 Å². The molecule has 1 unspecified atom stereocenters. The Labute approximate surface area is 240 Å². The monoisotopic (exact) mass is 613 g/mol. The second-order valence-electron chi connectivity index (χ2n) is 10.6. The molecule has 208 valence electrons. The molecule has 7 nitrogen and oxygen atoms in total. The third-order valence-electron chi connectivity index (χ3n) is 6.15. The van der Waals surface area contributed by atoms with Crippen molar-refractivity contribution >= 4 is 43.5 Å². The number of aryl methyl sites for hydroxylation is 1. The maximum absolute atomic E-state index is 14.1. The fourth-order valence-electron chi connectivity index (χ4n) is 4.22. The summed E-state index contributed by atoms with van der Waals surface area (Å²) in [4.78, 5) is 29.3. The number of halogens is 1. The molecule has 1 N–H and O–H groups in total. The third kappa shape index (κ3) is 8.93. The number of carbonyl (C=O) groups is 2. The average molecular weight is 615 g/mol. The molecule has 3 aromatic carbocycles. The summed E-state index contributed by atoms with van der Waals surface area (Å²) in [6, 6.07) is 23.1. The first kappa shape index (κ1) is 30.4. The lowest BCUT2D eigenvalue weighted by atomic mass is 10.00. The van der Waals surface area contributed by atoms with E-state index < -0.39 is 34.1 Å². The molecule has 0 aliphatic rings. The largest absolute Gasteiger partial charge is 0.350 e. The molecule has 0 aliphatic heterocycles. The van der Waals surface area contributed by atoms with Crippen LogP contribution in [0.3, 0.4) is 0 Å². The second-order valence-corrected chi connectivity index (χ2v) is 13.5. The van der Waals surface area contributed by atoms with Crippen LogP contribution < -0.4 is 9.62 Å². The molecule has 0 fully saturated rings. The summed E-state index contributed by atoms with van der Waals surface area (Å²) in [5.41, 5.74) is 2.56. The van der Waals surface area contributed by atoms with Gasteiger partial charge < -0.3 is 10.2 Å². The molecule has 0 saturated heterocycles. The lowest BCUT2D eigenvalue weighted by Crippen LogP contribution is -2.56. The fourth-order valence-corrected chi connectivity index (χ4v) is 5.45. The van der Waals surface area contributed by atoms with Gasteiger partial charge in [-0.1, -0.05) is 76.6 Å². The van der Waals surface area contributed by atoms with Gasteiger partial charge in [0.15, 0.2) is 0 Å². The highest BCUT2D eigenvalue weighted by Crippen LogP contribution is 2.24. The van der Waals surface area contributed by atoms with Gasteiger partial charge in [0.05, 0.1) is 11.9 Å². The molecule has 1 atom stereocenters. The van der Waals surface area contributed by atoms with E-state index in [1.54, 1.807) is 24.3 Å². The Hall–Kier alpha value is -3.17. The summed E-state index contributed by atoms with van der Waals surface area (Å²) in [6.45, 7) is 7.31. The van der Waals surface area contributed by atoms with Crippen molar-refractivity contribution in [2.45, 2.75) is 52.2 Å². The minimum absolute atomic E-state index is 0.149. The van der Waals surface area contributed by atoms with E-state index in [4.69, 9.17) is 0 Å². The topological polar surface area (TPSA) is 86.8 Å². The first-order valence-corrected chi connectivity index (χ1v) is 15.3. The Morgan fingerprint density at radius 1 is 0.949 bits per heavy atom. The third-order valence-corrected chi connectivity index (χ3v) is 7.78. The van der Waals surface area contributed by atoms with Crippen molar-refractivity contribution < 1.29 is 18.0 Å². The molecule has 3 rings (SSSR count). The highest BCUT2D eigenvalue weighted by molar-refractivity contribution is 9.10. The Morgan fingerprint density at radius 2 is 1.59 bits per heavy atom. The maximum Gasteiger partial charge on any atom is 0.244 e. The summed E-state index contributed by atoms with van der Waals surface area (Å²) < 4.78 is 27.5. The van der Waals surface area contributed by atoms with Gasteiger partial charge in [-0.2, -0.15) is 0 Å². The van der Waals surface area contributed by atoms with Crippen molar-refractivity contribution in [3.8, 4) is 0 Å². The quantitative estimate of drug-likeness (QED) is 0.345. The van der Waals surface area contributed by atoms with Crippen LogP contribution in [-0.2, 0) is 32.6 Å². The van der Waals surface area contributed by atoms with Crippen LogP contribution in [0, 0.1) is 6.92 Å². The van der Waals surface area contributed by atoms with Crippen LogP contribution in [0.4, 0.5) is 5.69 Å². The zero-order chi connectivity index (χ0) is 28.8. The molecule has 2 amide bonds.